The zero-order chi connectivity index (χ0) is 13.0. The number of rotatable bonds is 6. The largest absolute Gasteiger partial charge is 0.468 e. The molecule has 0 fully saturated rings. The molecule has 0 aliphatic carbocycles. The molecule has 18 heavy (non-hydrogen) atoms. The number of thiophene rings is 1. The van der Waals surface area contributed by atoms with E-state index in [9.17, 15) is 0 Å². The van der Waals surface area contributed by atoms with Gasteiger partial charge in [0.05, 0.1) is 16.1 Å². The van der Waals surface area contributed by atoms with Crippen LogP contribution in [-0.2, 0) is 6.54 Å². The minimum absolute atomic E-state index is 0.266. The monoisotopic (exact) mass is 328 g/mol. The van der Waals surface area contributed by atoms with E-state index < -0.39 is 0 Å². The number of nitrogens with zero attached hydrogens (tertiary/aromatic N) is 1. The lowest BCUT2D eigenvalue weighted by Gasteiger charge is -2.22. The first-order valence-electron chi connectivity index (χ1n) is 5.80. The Morgan fingerprint density at radius 1 is 1.50 bits per heavy atom. The van der Waals surface area contributed by atoms with Crippen molar-refractivity contribution in [2.24, 2.45) is 0 Å². The van der Waals surface area contributed by atoms with Gasteiger partial charge in [0.2, 0.25) is 0 Å². The maximum absolute atomic E-state index is 5.48. The van der Waals surface area contributed by atoms with Crippen LogP contribution >= 0.6 is 27.3 Å². The molecule has 0 bridgehead atoms. The fourth-order valence-electron chi connectivity index (χ4n) is 1.81. The average molecular weight is 329 g/mol. The molecular formula is C13H17BrN2OS. The van der Waals surface area contributed by atoms with Gasteiger partial charge in [-0.1, -0.05) is 0 Å². The quantitative estimate of drug-likeness (QED) is 0.879. The third-order valence-corrected chi connectivity index (χ3v) is 4.34. The lowest BCUT2D eigenvalue weighted by atomic mass is 10.2. The Morgan fingerprint density at radius 3 is 2.89 bits per heavy atom. The minimum atomic E-state index is 0.266. The summed E-state index contributed by atoms with van der Waals surface area (Å²) in [7, 11) is 4.13. The van der Waals surface area contributed by atoms with Crippen molar-refractivity contribution < 1.29 is 4.42 Å². The maximum atomic E-state index is 5.48. The van der Waals surface area contributed by atoms with E-state index in [1.54, 1.807) is 17.6 Å². The van der Waals surface area contributed by atoms with Crippen LogP contribution in [0.15, 0.2) is 38.0 Å². The Labute approximate surface area is 120 Å². The number of likely N-dealkylation sites (N-methyl/N-ethyl adjacent to an activating group) is 1. The van der Waals surface area contributed by atoms with Gasteiger partial charge in [0.25, 0.3) is 0 Å². The average Bonchev–Trinajstić information content (AvgIpc) is 2.95. The Morgan fingerprint density at radius 2 is 2.33 bits per heavy atom. The van der Waals surface area contributed by atoms with E-state index in [1.807, 2.05) is 12.1 Å². The van der Waals surface area contributed by atoms with Crippen LogP contribution in [0.2, 0.25) is 0 Å². The summed E-state index contributed by atoms with van der Waals surface area (Å²) in [5.41, 5.74) is 1.31. The molecule has 0 aromatic carbocycles. The standard InChI is InChI=1S/C13H17BrN2OS/c1-16(2)11(12-4-3-5-17-12)8-15-7-10-6-13(14)18-9-10/h3-6,9,11,15H,7-8H2,1-2H3. The lowest BCUT2D eigenvalue weighted by Crippen LogP contribution is -2.30. The number of furan rings is 1. The van der Waals surface area contributed by atoms with E-state index in [1.165, 1.54) is 9.35 Å². The van der Waals surface area contributed by atoms with Gasteiger partial charge in [-0.05, 0) is 59.2 Å². The van der Waals surface area contributed by atoms with Crippen molar-refractivity contribution in [3.05, 3.63) is 45.0 Å². The minimum Gasteiger partial charge on any atom is -0.468 e. The van der Waals surface area contributed by atoms with E-state index in [0.717, 1.165) is 18.8 Å². The summed E-state index contributed by atoms with van der Waals surface area (Å²) in [6.45, 7) is 1.75. The molecule has 0 saturated heterocycles. The predicted octanol–water partition coefficient (Wildman–Crippen LogP) is 3.50. The molecule has 2 aromatic rings. The molecule has 3 nitrogen and oxygen atoms in total. The Kier molecular flexibility index (Phi) is 5.00. The van der Waals surface area contributed by atoms with Gasteiger partial charge in [-0.2, -0.15) is 0 Å². The molecule has 1 N–H and O–H groups in total. The van der Waals surface area contributed by atoms with Gasteiger partial charge < -0.3 is 9.73 Å². The third-order valence-electron chi connectivity index (χ3n) is 2.78. The molecule has 2 heterocycles. The zero-order valence-electron chi connectivity index (χ0n) is 10.5. The molecule has 5 heteroatoms. The molecule has 0 saturated carbocycles. The van der Waals surface area contributed by atoms with Crippen molar-refractivity contribution in [3.63, 3.8) is 0 Å². The summed E-state index contributed by atoms with van der Waals surface area (Å²) < 4.78 is 6.65. The first kappa shape index (κ1) is 13.8. The number of hydrogen-bond donors (Lipinski definition) is 1. The molecular weight excluding hydrogens is 312 g/mol. The summed E-state index contributed by atoms with van der Waals surface area (Å²) in [6.07, 6.45) is 1.72. The van der Waals surface area contributed by atoms with E-state index >= 15 is 0 Å². The van der Waals surface area contributed by atoms with E-state index in [4.69, 9.17) is 4.42 Å². The third kappa shape index (κ3) is 3.68. The van der Waals surface area contributed by atoms with Gasteiger partial charge in [0.15, 0.2) is 0 Å². The normalized spacial score (nSPS) is 13.1. The summed E-state index contributed by atoms with van der Waals surface area (Å²) >= 11 is 5.19. The highest BCUT2D eigenvalue weighted by molar-refractivity contribution is 9.11. The summed E-state index contributed by atoms with van der Waals surface area (Å²) in [5.74, 6) is 0.999. The van der Waals surface area contributed by atoms with Crippen LogP contribution < -0.4 is 5.32 Å². The number of halogens is 1. The van der Waals surface area contributed by atoms with Crippen molar-refractivity contribution in [2.75, 3.05) is 20.6 Å². The van der Waals surface area contributed by atoms with E-state index in [0.29, 0.717) is 0 Å². The highest BCUT2D eigenvalue weighted by Gasteiger charge is 2.16. The first-order chi connectivity index (χ1) is 8.66. The van der Waals surface area contributed by atoms with Gasteiger partial charge in [-0.3, -0.25) is 4.90 Å². The van der Waals surface area contributed by atoms with Crippen molar-refractivity contribution in [1.29, 1.82) is 0 Å². The van der Waals surface area contributed by atoms with Gasteiger partial charge in [-0.15, -0.1) is 11.3 Å². The molecule has 0 aliphatic heterocycles. The number of hydrogen-bond acceptors (Lipinski definition) is 4. The first-order valence-corrected chi connectivity index (χ1v) is 7.47. The van der Waals surface area contributed by atoms with Gasteiger partial charge in [-0.25, -0.2) is 0 Å². The van der Waals surface area contributed by atoms with Crippen LogP contribution in [0.5, 0.6) is 0 Å². The Balaban J connectivity index is 1.87. The zero-order valence-corrected chi connectivity index (χ0v) is 12.9. The predicted molar refractivity (Wildman–Crippen MR) is 78.9 cm³/mol. The summed E-state index contributed by atoms with van der Waals surface area (Å²) in [4.78, 5) is 2.16. The van der Waals surface area contributed by atoms with Crippen molar-refractivity contribution in [3.8, 4) is 0 Å². The van der Waals surface area contributed by atoms with Crippen LogP contribution in [0.4, 0.5) is 0 Å². The second-order valence-electron chi connectivity index (χ2n) is 4.38. The Bertz CT molecular complexity index is 467. The van der Waals surface area contributed by atoms with Crippen molar-refractivity contribution in [2.45, 2.75) is 12.6 Å². The van der Waals surface area contributed by atoms with Gasteiger partial charge in [0, 0.05) is 13.1 Å². The van der Waals surface area contributed by atoms with Crippen LogP contribution in [0.25, 0.3) is 0 Å². The molecule has 0 spiro atoms. The van der Waals surface area contributed by atoms with Crippen LogP contribution in [0.3, 0.4) is 0 Å². The topological polar surface area (TPSA) is 28.4 Å². The molecule has 1 unspecified atom stereocenters. The van der Waals surface area contributed by atoms with Gasteiger partial charge >= 0.3 is 0 Å². The highest BCUT2D eigenvalue weighted by atomic mass is 79.9. The molecule has 0 aliphatic rings. The van der Waals surface area contributed by atoms with Crippen molar-refractivity contribution >= 4 is 27.3 Å². The molecule has 1 atom stereocenters. The highest BCUT2D eigenvalue weighted by Crippen LogP contribution is 2.21. The number of nitrogens with one attached hydrogen (secondary N) is 1. The second-order valence-corrected chi connectivity index (χ2v) is 6.68. The fraction of sp³-hybridized carbons (Fsp3) is 0.385. The lowest BCUT2D eigenvalue weighted by molar-refractivity contribution is 0.250. The molecule has 98 valence electrons. The summed E-state index contributed by atoms with van der Waals surface area (Å²) in [5, 5.41) is 5.63. The molecule has 0 amide bonds. The Hall–Kier alpha value is -0.620. The van der Waals surface area contributed by atoms with Crippen LogP contribution in [0, 0.1) is 0 Å². The van der Waals surface area contributed by atoms with Crippen LogP contribution in [-0.4, -0.2) is 25.5 Å². The summed E-state index contributed by atoms with van der Waals surface area (Å²) in [6, 6.07) is 6.37. The van der Waals surface area contributed by atoms with Gasteiger partial charge in [0.1, 0.15) is 5.76 Å². The maximum Gasteiger partial charge on any atom is 0.122 e. The van der Waals surface area contributed by atoms with Crippen LogP contribution in [0.1, 0.15) is 17.4 Å². The SMILES string of the molecule is CN(C)C(CNCc1csc(Br)c1)c1ccco1. The van der Waals surface area contributed by atoms with Crippen molar-refractivity contribution in [1.82, 2.24) is 10.2 Å². The van der Waals surface area contributed by atoms with E-state index in [2.05, 4.69) is 51.7 Å². The second kappa shape index (κ2) is 6.52. The van der Waals surface area contributed by atoms with E-state index in [-0.39, 0.29) is 6.04 Å². The molecule has 2 aromatic heterocycles. The smallest absolute Gasteiger partial charge is 0.122 e. The molecule has 2 rings (SSSR count). The molecule has 0 radical (unpaired) electrons. The fourth-order valence-corrected chi connectivity index (χ4v) is 3.02.